The van der Waals surface area contributed by atoms with Crippen LogP contribution >= 0.6 is 0 Å². The van der Waals surface area contributed by atoms with Crippen LogP contribution < -0.4 is 4.74 Å². The normalized spacial score (nSPS) is 10.1. The van der Waals surface area contributed by atoms with E-state index in [4.69, 9.17) is 4.74 Å². The maximum Gasteiger partial charge on any atom is 0.153 e. The fourth-order valence-corrected chi connectivity index (χ4v) is 1.76. The van der Waals surface area contributed by atoms with E-state index >= 15 is 0 Å². The Bertz CT molecular complexity index is 561. The smallest absolute Gasteiger partial charge is 0.153 e. The molecule has 0 unspecified atom stereocenters. The first-order valence-corrected chi connectivity index (χ1v) is 5.76. The van der Waals surface area contributed by atoms with E-state index in [0.717, 1.165) is 16.9 Å². The van der Waals surface area contributed by atoms with Crippen molar-refractivity contribution in [2.45, 2.75) is 6.92 Å². The molecule has 0 atom stereocenters. The lowest BCUT2D eigenvalue weighted by Gasteiger charge is -2.07. The first kappa shape index (κ1) is 12.2. The Kier molecular flexibility index (Phi) is 3.63. The molecule has 0 saturated carbocycles. The molecule has 0 aliphatic rings. The first-order valence-electron chi connectivity index (χ1n) is 5.76. The van der Waals surface area contributed by atoms with Crippen LogP contribution in [0.4, 0.5) is 0 Å². The summed E-state index contributed by atoms with van der Waals surface area (Å²) in [7, 11) is 0. The van der Waals surface area contributed by atoms with Gasteiger partial charge in [-0.1, -0.05) is 18.2 Å². The molecule has 0 aliphatic carbocycles. The molecule has 0 heterocycles. The molecule has 3 heteroatoms. The number of ether oxygens (including phenoxy) is 1. The minimum atomic E-state index is -0.00990. The number of phenols is 1. The highest BCUT2D eigenvalue weighted by atomic mass is 16.5. The first-order chi connectivity index (χ1) is 8.74. The van der Waals surface area contributed by atoms with Gasteiger partial charge in [-0.05, 0) is 42.3 Å². The molecular formula is C15H14O3. The standard InChI is InChI=1S/C15H14O3/c1-2-18-14-5-3-4-11(8-14)12-6-7-13(10-16)15(17)9-12/h3-10,17H,2H2,1H3. The van der Waals surface area contributed by atoms with Crippen molar-refractivity contribution in [3.63, 3.8) is 0 Å². The van der Waals surface area contributed by atoms with Gasteiger partial charge in [-0.25, -0.2) is 0 Å². The second-order valence-electron chi connectivity index (χ2n) is 3.85. The number of carbonyl (C=O) groups is 1. The molecule has 0 bridgehead atoms. The second kappa shape index (κ2) is 5.36. The number of aromatic hydroxyl groups is 1. The highest BCUT2D eigenvalue weighted by Crippen LogP contribution is 2.28. The summed E-state index contributed by atoms with van der Waals surface area (Å²) >= 11 is 0. The lowest BCUT2D eigenvalue weighted by molar-refractivity contribution is 0.112. The lowest BCUT2D eigenvalue weighted by atomic mass is 10.0. The number of hydrogen-bond acceptors (Lipinski definition) is 3. The van der Waals surface area contributed by atoms with Crippen molar-refractivity contribution in [2.24, 2.45) is 0 Å². The molecule has 1 N–H and O–H groups in total. The molecule has 0 saturated heterocycles. The Morgan fingerprint density at radius 2 is 1.94 bits per heavy atom. The van der Waals surface area contributed by atoms with Crippen LogP contribution in [0, 0.1) is 0 Å². The number of hydrogen-bond donors (Lipinski definition) is 1. The van der Waals surface area contributed by atoms with Crippen molar-refractivity contribution in [2.75, 3.05) is 6.61 Å². The van der Waals surface area contributed by atoms with Crippen molar-refractivity contribution in [3.8, 4) is 22.6 Å². The summed E-state index contributed by atoms with van der Waals surface area (Å²) in [5.74, 6) is 0.776. The Labute approximate surface area is 106 Å². The molecule has 92 valence electrons. The average molecular weight is 242 g/mol. The SMILES string of the molecule is CCOc1cccc(-c2ccc(C=O)c(O)c2)c1. The molecule has 2 aromatic rings. The Morgan fingerprint density at radius 3 is 2.61 bits per heavy atom. The largest absolute Gasteiger partial charge is 0.507 e. The Morgan fingerprint density at radius 1 is 1.17 bits per heavy atom. The van der Waals surface area contributed by atoms with Gasteiger partial charge < -0.3 is 9.84 Å². The number of carbonyl (C=O) groups excluding carboxylic acids is 1. The molecule has 0 amide bonds. The summed E-state index contributed by atoms with van der Waals surface area (Å²) in [5, 5.41) is 9.66. The van der Waals surface area contributed by atoms with Gasteiger partial charge >= 0.3 is 0 Å². The maximum absolute atomic E-state index is 10.6. The highest BCUT2D eigenvalue weighted by molar-refractivity contribution is 5.81. The highest BCUT2D eigenvalue weighted by Gasteiger charge is 2.04. The predicted molar refractivity (Wildman–Crippen MR) is 70.1 cm³/mol. The van der Waals surface area contributed by atoms with Gasteiger partial charge in [0.1, 0.15) is 11.5 Å². The fraction of sp³-hybridized carbons (Fsp3) is 0.133. The van der Waals surface area contributed by atoms with Crippen LogP contribution in [0.3, 0.4) is 0 Å². The average Bonchev–Trinajstić information content (AvgIpc) is 2.39. The molecule has 0 spiro atoms. The molecule has 0 radical (unpaired) electrons. The van der Waals surface area contributed by atoms with Crippen LogP contribution in [0.25, 0.3) is 11.1 Å². The van der Waals surface area contributed by atoms with E-state index in [1.54, 1.807) is 18.2 Å². The van der Waals surface area contributed by atoms with E-state index in [1.165, 1.54) is 0 Å². The third-order valence-corrected chi connectivity index (χ3v) is 2.64. The zero-order chi connectivity index (χ0) is 13.0. The van der Waals surface area contributed by atoms with Gasteiger partial charge in [0.05, 0.1) is 12.2 Å². The molecule has 2 rings (SSSR count). The Hall–Kier alpha value is -2.29. The van der Waals surface area contributed by atoms with Crippen molar-refractivity contribution in [1.29, 1.82) is 0 Å². The van der Waals surface area contributed by atoms with Gasteiger partial charge in [0, 0.05) is 0 Å². The van der Waals surface area contributed by atoms with Crippen molar-refractivity contribution in [3.05, 3.63) is 48.0 Å². The fourth-order valence-electron chi connectivity index (χ4n) is 1.76. The van der Waals surface area contributed by atoms with Crippen molar-refractivity contribution < 1.29 is 14.6 Å². The zero-order valence-electron chi connectivity index (χ0n) is 10.1. The molecule has 2 aromatic carbocycles. The van der Waals surface area contributed by atoms with E-state index < -0.39 is 0 Å². The van der Waals surface area contributed by atoms with Gasteiger partial charge in [0.2, 0.25) is 0 Å². The second-order valence-corrected chi connectivity index (χ2v) is 3.85. The van der Waals surface area contributed by atoms with Crippen LogP contribution in [-0.4, -0.2) is 18.0 Å². The van der Waals surface area contributed by atoms with Gasteiger partial charge in [-0.15, -0.1) is 0 Å². The molecule has 18 heavy (non-hydrogen) atoms. The van der Waals surface area contributed by atoms with Crippen LogP contribution in [-0.2, 0) is 0 Å². The third kappa shape index (κ3) is 2.51. The number of rotatable bonds is 4. The van der Waals surface area contributed by atoms with E-state index in [9.17, 15) is 9.90 Å². The quantitative estimate of drug-likeness (QED) is 0.837. The van der Waals surface area contributed by atoms with Gasteiger partial charge in [-0.2, -0.15) is 0 Å². The molecule has 0 aromatic heterocycles. The zero-order valence-corrected chi connectivity index (χ0v) is 10.1. The topological polar surface area (TPSA) is 46.5 Å². The van der Waals surface area contributed by atoms with Crippen LogP contribution in [0.15, 0.2) is 42.5 Å². The van der Waals surface area contributed by atoms with Gasteiger partial charge in [0.25, 0.3) is 0 Å². The van der Waals surface area contributed by atoms with E-state index in [2.05, 4.69) is 0 Å². The molecule has 0 aliphatic heterocycles. The van der Waals surface area contributed by atoms with Crippen molar-refractivity contribution in [1.82, 2.24) is 0 Å². The summed E-state index contributed by atoms with van der Waals surface area (Å²) in [4.78, 5) is 10.6. The van der Waals surface area contributed by atoms with Gasteiger partial charge in [0.15, 0.2) is 6.29 Å². The monoisotopic (exact) mass is 242 g/mol. The van der Waals surface area contributed by atoms with Crippen LogP contribution in [0.1, 0.15) is 17.3 Å². The molecule has 3 nitrogen and oxygen atoms in total. The van der Waals surface area contributed by atoms with Gasteiger partial charge in [-0.3, -0.25) is 4.79 Å². The number of aldehydes is 1. The minimum absolute atomic E-state index is 0.00990. The van der Waals surface area contributed by atoms with E-state index in [1.807, 2.05) is 31.2 Å². The number of phenolic OH excluding ortho intramolecular Hbond substituents is 1. The number of benzene rings is 2. The van der Waals surface area contributed by atoms with Crippen LogP contribution in [0.5, 0.6) is 11.5 Å². The third-order valence-electron chi connectivity index (χ3n) is 2.64. The summed E-state index contributed by atoms with van der Waals surface area (Å²) < 4.78 is 5.42. The molecular weight excluding hydrogens is 228 g/mol. The molecule has 0 fully saturated rings. The van der Waals surface area contributed by atoms with Crippen molar-refractivity contribution >= 4 is 6.29 Å². The van der Waals surface area contributed by atoms with E-state index in [0.29, 0.717) is 18.5 Å². The minimum Gasteiger partial charge on any atom is -0.507 e. The van der Waals surface area contributed by atoms with E-state index in [-0.39, 0.29) is 5.75 Å². The Balaban J connectivity index is 2.39. The summed E-state index contributed by atoms with van der Waals surface area (Å²) in [6.45, 7) is 2.54. The lowest BCUT2D eigenvalue weighted by Crippen LogP contribution is -1.91. The van der Waals surface area contributed by atoms with Crippen LogP contribution in [0.2, 0.25) is 0 Å². The maximum atomic E-state index is 10.6. The summed E-state index contributed by atoms with van der Waals surface area (Å²) in [5.41, 5.74) is 2.08. The predicted octanol–water partition coefficient (Wildman–Crippen LogP) is 3.27. The summed E-state index contributed by atoms with van der Waals surface area (Å²) in [6.07, 6.45) is 0.635. The summed E-state index contributed by atoms with van der Waals surface area (Å²) in [6, 6.07) is 12.6.